The largest absolute Gasteiger partial charge is 0.379 e. The van der Waals surface area contributed by atoms with Gasteiger partial charge in [-0.1, -0.05) is 31.7 Å². The number of aromatic nitrogens is 4. The molecule has 1 saturated carbocycles. The molecule has 1 saturated heterocycles. The summed E-state index contributed by atoms with van der Waals surface area (Å²) < 4.78 is 5.45. The Kier molecular flexibility index (Phi) is 7.42. The number of pyridine rings is 2. The normalized spacial score (nSPS) is 16.5. The number of benzene rings is 1. The van der Waals surface area contributed by atoms with Crippen LogP contribution in [0.5, 0.6) is 0 Å². The molecule has 200 valence electrons. The SMILES string of the molecule is O=C(CC1CCCC1)c1ccc(NC(=O)c2n[nH]c3ccc(-c4cncc(CN5CCOCC5)c4)cc23)cn1. The molecule has 0 bridgehead atoms. The Labute approximate surface area is 227 Å². The lowest BCUT2D eigenvalue weighted by Gasteiger charge is -2.26. The molecule has 39 heavy (non-hydrogen) atoms. The van der Waals surface area contributed by atoms with Gasteiger partial charge < -0.3 is 10.1 Å². The van der Waals surface area contributed by atoms with Gasteiger partial charge in [-0.2, -0.15) is 5.10 Å². The minimum atomic E-state index is -0.343. The Bertz CT molecular complexity index is 1470. The van der Waals surface area contributed by atoms with Crippen LogP contribution in [0.3, 0.4) is 0 Å². The first-order chi connectivity index (χ1) is 19.1. The lowest BCUT2D eigenvalue weighted by molar-refractivity contribution is 0.0341. The zero-order valence-electron chi connectivity index (χ0n) is 21.9. The van der Waals surface area contributed by atoms with Gasteiger partial charge in [0.2, 0.25) is 0 Å². The molecule has 1 aliphatic heterocycles. The summed E-state index contributed by atoms with van der Waals surface area (Å²) in [5.74, 6) is 0.193. The fraction of sp³-hybridized carbons (Fsp3) is 0.367. The summed E-state index contributed by atoms with van der Waals surface area (Å²) in [7, 11) is 0. The molecule has 2 fully saturated rings. The molecule has 4 heterocycles. The molecule has 1 aliphatic carbocycles. The molecule has 1 amide bonds. The minimum absolute atomic E-state index is 0.0640. The maximum absolute atomic E-state index is 13.1. The number of rotatable bonds is 8. The summed E-state index contributed by atoms with van der Waals surface area (Å²) in [6, 6.07) is 11.4. The van der Waals surface area contributed by atoms with E-state index in [9.17, 15) is 9.59 Å². The van der Waals surface area contributed by atoms with Crippen molar-refractivity contribution >= 4 is 28.3 Å². The summed E-state index contributed by atoms with van der Waals surface area (Å²) in [5.41, 5.74) is 5.11. The van der Waals surface area contributed by atoms with Crippen molar-refractivity contribution in [3.8, 4) is 11.1 Å². The zero-order valence-corrected chi connectivity index (χ0v) is 21.9. The summed E-state index contributed by atoms with van der Waals surface area (Å²) >= 11 is 0. The number of morpholine rings is 1. The average Bonchev–Trinajstić information content (AvgIpc) is 3.64. The highest BCUT2D eigenvalue weighted by Crippen LogP contribution is 2.29. The molecule has 0 spiro atoms. The third-order valence-corrected chi connectivity index (χ3v) is 7.67. The molecule has 9 heteroatoms. The Balaban J connectivity index is 1.16. The number of aromatic amines is 1. The predicted molar refractivity (Wildman–Crippen MR) is 149 cm³/mol. The number of amides is 1. The quantitative estimate of drug-likeness (QED) is 0.316. The number of ether oxygens (including phenoxy) is 1. The minimum Gasteiger partial charge on any atom is -0.379 e. The highest BCUT2D eigenvalue weighted by atomic mass is 16.5. The monoisotopic (exact) mass is 524 g/mol. The number of hydrogen-bond acceptors (Lipinski definition) is 7. The van der Waals surface area contributed by atoms with Crippen molar-refractivity contribution in [2.45, 2.75) is 38.6 Å². The Morgan fingerprint density at radius 2 is 1.85 bits per heavy atom. The number of nitrogens with zero attached hydrogens (tertiary/aromatic N) is 4. The van der Waals surface area contributed by atoms with Crippen molar-refractivity contribution < 1.29 is 14.3 Å². The summed E-state index contributed by atoms with van der Waals surface area (Å²) in [6.07, 6.45) is 10.5. The van der Waals surface area contributed by atoms with E-state index in [-0.39, 0.29) is 11.7 Å². The standard InChI is InChI=1S/C30H32N6O3/c37-28(14-20-3-1-2-4-20)27-8-6-24(18-32-27)33-30(38)29-25-15-22(5-7-26(25)34-35-29)23-13-21(16-31-17-23)19-36-9-11-39-12-10-36/h5-8,13,15-18,20H,1-4,9-12,14,19H2,(H,33,38)(H,34,35). The van der Waals surface area contributed by atoms with Crippen molar-refractivity contribution in [2.24, 2.45) is 5.92 Å². The van der Waals surface area contributed by atoms with E-state index >= 15 is 0 Å². The van der Waals surface area contributed by atoms with Gasteiger partial charge in [-0.25, -0.2) is 0 Å². The van der Waals surface area contributed by atoms with Gasteiger partial charge in [0.1, 0.15) is 5.69 Å². The maximum atomic E-state index is 13.1. The number of carbonyl (C=O) groups is 2. The van der Waals surface area contributed by atoms with Gasteiger partial charge in [0, 0.05) is 49.4 Å². The van der Waals surface area contributed by atoms with Crippen LogP contribution in [0.2, 0.25) is 0 Å². The smallest absolute Gasteiger partial charge is 0.276 e. The second kappa shape index (κ2) is 11.4. The van der Waals surface area contributed by atoms with Crippen LogP contribution in [-0.2, 0) is 11.3 Å². The Morgan fingerprint density at radius 1 is 1.00 bits per heavy atom. The summed E-state index contributed by atoms with van der Waals surface area (Å²) in [5, 5.41) is 10.8. The van der Waals surface area contributed by atoms with Crippen LogP contribution in [0.25, 0.3) is 22.0 Å². The summed E-state index contributed by atoms with van der Waals surface area (Å²) in [4.78, 5) is 36.8. The van der Waals surface area contributed by atoms with Gasteiger partial charge in [0.15, 0.2) is 11.5 Å². The molecule has 6 rings (SSSR count). The first kappa shape index (κ1) is 25.3. The summed E-state index contributed by atoms with van der Waals surface area (Å²) in [6.45, 7) is 4.17. The van der Waals surface area contributed by atoms with Crippen molar-refractivity contribution in [3.63, 3.8) is 0 Å². The number of hydrogen-bond donors (Lipinski definition) is 2. The van der Waals surface area contributed by atoms with E-state index in [1.165, 1.54) is 19.0 Å². The van der Waals surface area contributed by atoms with Crippen molar-refractivity contribution in [3.05, 3.63) is 71.9 Å². The second-order valence-electron chi connectivity index (χ2n) is 10.5. The van der Waals surface area contributed by atoms with E-state index in [1.54, 1.807) is 12.1 Å². The second-order valence-corrected chi connectivity index (χ2v) is 10.5. The first-order valence-electron chi connectivity index (χ1n) is 13.7. The molecule has 0 unspecified atom stereocenters. The van der Waals surface area contributed by atoms with Crippen LogP contribution in [0.15, 0.2) is 55.0 Å². The fourth-order valence-corrected chi connectivity index (χ4v) is 5.52. The average molecular weight is 525 g/mol. The topological polar surface area (TPSA) is 113 Å². The van der Waals surface area contributed by atoms with E-state index < -0.39 is 0 Å². The number of carbonyl (C=O) groups excluding carboxylic acids is 2. The molecule has 0 radical (unpaired) electrons. The predicted octanol–water partition coefficient (Wildman–Crippen LogP) is 4.87. The van der Waals surface area contributed by atoms with Gasteiger partial charge in [0.05, 0.1) is 30.6 Å². The molecule has 4 aromatic rings. The molecule has 2 aliphatic rings. The molecular weight excluding hydrogens is 492 g/mol. The van der Waals surface area contributed by atoms with E-state index in [1.807, 2.05) is 30.6 Å². The van der Waals surface area contributed by atoms with E-state index in [2.05, 4.69) is 36.4 Å². The van der Waals surface area contributed by atoms with Gasteiger partial charge in [-0.05, 0) is 47.4 Å². The van der Waals surface area contributed by atoms with Crippen LogP contribution in [0.1, 0.15) is 58.6 Å². The van der Waals surface area contributed by atoms with Crippen LogP contribution in [0.4, 0.5) is 5.69 Å². The number of H-pyrrole nitrogens is 1. The van der Waals surface area contributed by atoms with Crippen LogP contribution in [-0.4, -0.2) is 63.1 Å². The van der Waals surface area contributed by atoms with E-state index in [0.29, 0.717) is 29.4 Å². The number of ketones is 1. The number of nitrogens with one attached hydrogen (secondary N) is 2. The number of Topliss-reactive ketones (excluding diaryl/α,β-unsaturated/α-hetero) is 1. The van der Waals surface area contributed by atoms with Gasteiger partial charge in [0.25, 0.3) is 5.91 Å². The van der Waals surface area contributed by atoms with E-state index in [0.717, 1.165) is 73.3 Å². The van der Waals surface area contributed by atoms with Gasteiger partial charge in [-0.3, -0.25) is 29.6 Å². The van der Waals surface area contributed by atoms with Crippen molar-refractivity contribution in [1.29, 1.82) is 0 Å². The number of fused-ring (bicyclic) bond motifs is 1. The lowest BCUT2D eigenvalue weighted by atomic mass is 9.99. The van der Waals surface area contributed by atoms with Crippen LogP contribution >= 0.6 is 0 Å². The lowest BCUT2D eigenvalue weighted by Crippen LogP contribution is -2.35. The third-order valence-electron chi connectivity index (χ3n) is 7.67. The zero-order chi connectivity index (χ0) is 26.6. The maximum Gasteiger partial charge on any atom is 0.276 e. The number of anilines is 1. The first-order valence-corrected chi connectivity index (χ1v) is 13.7. The fourth-order valence-electron chi connectivity index (χ4n) is 5.52. The third kappa shape index (κ3) is 5.89. The van der Waals surface area contributed by atoms with Crippen LogP contribution in [0, 0.1) is 5.92 Å². The van der Waals surface area contributed by atoms with Crippen LogP contribution < -0.4 is 5.32 Å². The molecular formula is C30H32N6O3. The highest BCUT2D eigenvalue weighted by molar-refractivity contribution is 6.11. The molecule has 1 aromatic carbocycles. The van der Waals surface area contributed by atoms with Crippen molar-refractivity contribution in [1.82, 2.24) is 25.1 Å². The Hall–Kier alpha value is -3.95. The molecule has 9 nitrogen and oxygen atoms in total. The molecule has 0 atom stereocenters. The highest BCUT2D eigenvalue weighted by Gasteiger charge is 2.21. The van der Waals surface area contributed by atoms with Gasteiger partial charge >= 0.3 is 0 Å². The molecule has 2 N–H and O–H groups in total. The van der Waals surface area contributed by atoms with Gasteiger partial charge in [-0.15, -0.1) is 0 Å². The molecule has 3 aromatic heterocycles. The Morgan fingerprint density at radius 3 is 2.64 bits per heavy atom. The van der Waals surface area contributed by atoms with E-state index in [4.69, 9.17) is 4.74 Å². The van der Waals surface area contributed by atoms with Crippen molar-refractivity contribution in [2.75, 3.05) is 31.6 Å².